The first-order chi connectivity index (χ1) is 9.15. The van der Waals surface area contributed by atoms with Crippen molar-refractivity contribution in [2.75, 3.05) is 13.1 Å². The number of benzene rings is 1. The minimum atomic E-state index is 0. The van der Waals surface area contributed by atoms with Crippen molar-refractivity contribution in [3.05, 3.63) is 33.8 Å². The highest BCUT2D eigenvalue weighted by Crippen LogP contribution is 2.48. The van der Waals surface area contributed by atoms with E-state index in [1.54, 1.807) is 6.07 Å². The molecule has 2 fully saturated rings. The second-order valence-corrected chi connectivity index (χ2v) is 6.13. The molecule has 2 N–H and O–H groups in total. The van der Waals surface area contributed by atoms with Gasteiger partial charge in [-0.05, 0) is 43.0 Å². The van der Waals surface area contributed by atoms with E-state index < -0.39 is 0 Å². The van der Waals surface area contributed by atoms with Gasteiger partial charge in [0.15, 0.2) is 0 Å². The molecule has 1 saturated carbocycles. The van der Waals surface area contributed by atoms with E-state index in [-0.39, 0.29) is 24.2 Å². The number of carbonyl (C=O) groups is 1. The SMILES string of the molecule is Cl.O=C(NC1CCNC1)C1CC1c1ccc(Cl)c(Cl)c1. The maximum atomic E-state index is 12.1. The summed E-state index contributed by atoms with van der Waals surface area (Å²) >= 11 is 11.9. The monoisotopic (exact) mass is 334 g/mol. The van der Waals surface area contributed by atoms with Crippen molar-refractivity contribution in [2.45, 2.75) is 24.8 Å². The van der Waals surface area contributed by atoms with Crippen molar-refractivity contribution < 1.29 is 4.79 Å². The zero-order valence-corrected chi connectivity index (χ0v) is 13.2. The third kappa shape index (κ3) is 3.40. The Kier molecular flexibility index (Phi) is 5.19. The number of amides is 1. The summed E-state index contributed by atoms with van der Waals surface area (Å²) < 4.78 is 0. The first kappa shape index (κ1) is 15.9. The molecule has 1 amide bonds. The average molecular weight is 336 g/mol. The van der Waals surface area contributed by atoms with Crippen LogP contribution in [-0.4, -0.2) is 25.0 Å². The zero-order valence-electron chi connectivity index (χ0n) is 10.9. The van der Waals surface area contributed by atoms with Gasteiger partial charge in [0.25, 0.3) is 0 Å². The van der Waals surface area contributed by atoms with E-state index in [0.29, 0.717) is 22.0 Å². The summed E-state index contributed by atoms with van der Waals surface area (Å²) in [6.07, 6.45) is 1.93. The first-order valence-corrected chi connectivity index (χ1v) is 7.37. The minimum absolute atomic E-state index is 0. The van der Waals surface area contributed by atoms with Gasteiger partial charge in [0.2, 0.25) is 5.91 Å². The predicted molar refractivity (Wildman–Crippen MR) is 84.0 cm³/mol. The van der Waals surface area contributed by atoms with E-state index in [9.17, 15) is 4.79 Å². The molecule has 110 valence electrons. The summed E-state index contributed by atoms with van der Waals surface area (Å²) in [5.74, 6) is 0.562. The third-order valence-electron chi connectivity index (χ3n) is 3.91. The Bertz CT molecular complexity index is 503. The van der Waals surface area contributed by atoms with Crippen molar-refractivity contribution >= 4 is 41.5 Å². The Labute approximate surface area is 134 Å². The lowest BCUT2D eigenvalue weighted by Crippen LogP contribution is -2.37. The Morgan fingerprint density at radius 2 is 2.10 bits per heavy atom. The lowest BCUT2D eigenvalue weighted by Gasteiger charge is -2.11. The van der Waals surface area contributed by atoms with E-state index >= 15 is 0 Å². The fourth-order valence-electron chi connectivity index (χ4n) is 2.68. The van der Waals surface area contributed by atoms with Crippen molar-refractivity contribution in [1.29, 1.82) is 0 Å². The molecule has 20 heavy (non-hydrogen) atoms. The summed E-state index contributed by atoms with van der Waals surface area (Å²) in [4.78, 5) is 12.1. The van der Waals surface area contributed by atoms with Gasteiger partial charge < -0.3 is 10.6 Å². The molecule has 3 rings (SSSR count). The number of nitrogens with one attached hydrogen (secondary N) is 2. The number of rotatable bonds is 3. The van der Waals surface area contributed by atoms with Crippen molar-refractivity contribution in [2.24, 2.45) is 5.92 Å². The number of carbonyl (C=O) groups excluding carboxylic acids is 1. The van der Waals surface area contributed by atoms with Crippen LogP contribution in [0.4, 0.5) is 0 Å². The number of halogens is 3. The summed E-state index contributed by atoms with van der Waals surface area (Å²) in [7, 11) is 0. The molecule has 1 aliphatic carbocycles. The van der Waals surface area contributed by atoms with Gasteiger partial charge in [-0.15, -0.1) is 12.4 Å². The normalized spacial score (nSPS) is 27.8. The smallest absolute Gasteiger partial charge is 0.224 e. The van der Waals surface area contributed by atoms with E-state index in [2.05, 4.69) is 10.6 Å². The molecule has 0 aromatic heterocycles. The van der Waals surface area contributed by atoms with Gasteiger partial charge in [0, 0.05) is 18.5 Å². The molecular weight excluding hydrogens is 319 g/mol. The lowest BCUT2D eigenvalue weighted by molar-refractivity contribution is -0.123. The quantitative estimate of drug-likeness (QED) is 0.891. The highest BCUT2D eigenvalue weighted by molar-refractivity contribution is 6.42. The van der Waals surface area contributed by atoms with Crippen molar-refractivity contribution in [3.8, 4) is 0 Å². The second-order valence-electron chi connectivity index (χ2n) is 5.32. The summed E-state index contributed by atoms with van der Waals surface area (Å²) in [6, 6.07) is 5.93. The van der Waals surface area contributed by atoms with E-state index in [1.807, 2.05) is 12.1 Å². The molecule has 1 heterocycles. The highest BCUT2D eigenvalue weighted by Gasteiger charge is 2.44. The van der Waals surface area contributed by atoms with E-state index in [0.717, 1.165) is 31.5 Å². The van der Waals surface area contributed by atoms with Crippen LogP contribution in [-0.2, 0) is 4.79 Å². The summed E-state index contributed by atoms with van der Waals surface area (Å²) in [5.41, 5.74) is 1.11. The Hall–Kier alpha value is -0.480. The summed E-state index contributed by atoms with van der Waals surface area (Å²) in [5, 5.41) is 7.47. The lowest BCUT2D eigenvalue weighted by atomic mass is 10.1. The third-order valence-corrected chi connectivity index (χ3v) is 4.64. The highest BCUT2D eigenvalue weighted by atomic mass is 35.5. The molecule has 6 heteroatoms. The van der Waals surface area contributed by atoms with Gasteiger partial charge in [-0.2, -0.15) is 0 Å². The fraction of sp³-hybridized carbons (Fsp3) is 0.500. The average Bonchev–Trinajstić information content (AvgIpc) is 3.04. The Morgan fingerprint density at radius 3 is 2.75 bits per heavy atom. The maximum Gasteiger partial charge on any atom is 0.224 e. The summed E-state index contributed by atoms with van der Waals surface area (Å²) in [6.45, 7) is 1.88. The van der Waals surface area contributed by atoms with Crippen LogP contribution in [0.2, 0.25) is 10.0 Å². The van der Waals surface area contributed by atoms with Crippen LogP contribution in [0.15, 0.2) is 18.2 Å². The molecule has 0 spiro atoms. The van der Waals surface area contributed by atoms with Gasteiger partial charge >= 0.3 is 0 Å². The number of hydrogen-bond donors (Lipinski definition) is 2. The largest absolute Gasteiger partial charge is 0.352 e. The minimum Gasteiger partial charge on any atom is -0.352 e. The van der Waals surface area contributed by atoms with Crippen LogP contribution >= 0.6 is 35.6 Å². The second kappa shape index (κ2) is 6.52. The number of hydrogen-bond acceptors (Lipinski definition) is 2. The molecule has 1 saturated heterocycles. The molecular formula is C14H17Cl3N2O. The zero-order chi connectivity index (χ0) is 13.4. The standard InChI is InChI=1S/C14H16Cl2N2O.ClH/c15-12-2-1-8(5-13(12)16)10-6-11(10)14(19)18-9-3-4-17-7-9;/h1-2,5,9-11,17H,3-4,6-7H2,(H,18,19);1H. The van der Waals surface area contributed by atoms with Crippen LogP contribution in [0.1, 0.15) is 24.3 Å². The molecule has 3 unspecified atom stereocenters. The van der Waals surface area contributed by atoms with Gasteiger partial charge in [-0.1, -0.05) is 29.3 Å². The first-order valence-electron chi connectivity index (χ1n) is 6.61. The molecule has 2 aliphatic rings. The molecule has 3 nitrogen and oxygen atoms in total. The predicted octanol–water partition coefficient (Wildman–Crippen LogP) is 3.00. The molecule has 0 bridgehead atoms. The van der Waals surface area contributed by atoms with Crippen LogP contribution in [0.5, 0.6) is 0 Å². The Balaban J connectivity index is 0.00000147. The molecule has 3 atom stereocenters. The molecule has 0 radical (unpaired) electrons. The van der Waals surface area contributed by atoms with Crippen LogP contribution < -0.4 is 10.6 Å². The Morgan fingerprint density at radius 1 is 1.30 bits per heavy atom. The van der Waals surface area contributed by atoms with E-state index in [4.69, 9.17) is 23.2 Å². The van der Waals surface area contributed by atoms with Crippen molar-refractivity contribution in [1.82, 2.24) is 10.6 Å². The topological polar surface area (TPSA) is 41.1 Å². The molecule has 1 aromatic rings. The molecule has 1 aromatic carbocycles. The molecule has 1 aliphatic heterocycles. The van der Waals surface area contributed by atoms with Gasteiger partial charge in [-0.25, -0.2) is 0 Å². The van der Waals surface area contributed by atoms with Gasteiger partial charge in [0.05, 0.1) is 10.0 Å². The fourth-order valence-corrected chi connectivity index (χ4v) is 2.99. The van der Waals surface area contributed by atoms with Crippen LogP contribution in [0.3, 0.4) is 0 Å². The van der Waals surface area contributed by atoms with Crippen LogP contribution in [0.25, 0.3) is 0 Å². The van der Waals surface area contributed by atoms with E-state index in [1.165, 1.54) is 0 Å². The maximum absolute atomic E-state index is 12.1. The van der Waals surface area contributed by atoms with Crippen LogP contribution in [0, 0.1) is 5.92 Å². The van der Waals surface area contributed by atoms with Gasteiger partial charge in [0.1, 0.15) is 0 Å². The van der Waals surface area contributed by atoms with Gasteiger partial charge in [-0.3, -0.25) is 4.79 Å². The van der Waals surface area contributed by atoms with Crippen molar-refractivity contribution in [3.63, 3.8) is 0 Å².